The SMILES string of the molecule is CCOC(=O)N1CCC(N2CC[C@](O)(c3ccccc3)[C@H](N3CCCC3)C2)CC1.O=CO. The zero-order valence-electron chi connectivity index (χ0n) is 19.1. The van der Waals surface area contributed by atoms with E-state index in [1.54, 1.807) is 0 Å². The van der Waals surface area contributed by atoms with Crippen molar-refractivity contribution in [3.05, 3.63) is 35.9 Å². The fourth-order valence-corrected chi connectivity index (χ4v) is 5.44. The van der Waals surface area contributed by atoms with Crippen LogP contribution in [0.1, 0.15) is 44.6 Å². The Bertz CT molecular complexity index is 720. The van der Waals surface area contributed by atoms with E-state index in [1.807, 2.05) is 30.0 Å². The maximum atomic E-state index is 12.0. The molecule has 2 N–H and O–H groups in total. The summed E-state index contributed by atoms with van der Waals surface area (Å²) in [6.07, 6.45) is 4.98. The predicted octanol–water partition coefficient (Wildman–Crippen LogP) is 2.37. The highest BCUT2D eigenvalue weighted by Gasteiger charge is 2.47. The molecular formula is C24H37N3O5. The number of carbonyl (C=O) groups is 2. The number of likely N-dealkylation sites (tertiary alicyclic amines) is 3. The molecule has 2 atom stereocenters. The first kappa shape index (κ1) is 24.5. The van der Waals surface area contributed by atoms with Gasteiger partial charge in [-0.3, -0.25) is 14.6 Å². The molecule has 32 heavy (non-hydrogen) atoms. The van der Waals surface area contributed by atoms with Crippen LogP contribution in [-0.4, -0.2) is 95.4 Å². The van der Waals surface area contributed by atoms with E-state index >= 15 is 0 Å². The van der Waals surface area contributed by atoms with Crippen LogP contribution < -0.4 is 0 Å². The van der Waals surface area contributed by atoms with E-state index < -0.39 is 5.60 Å². The van der Waals surface area contributed by atoms with Gasteiger partial charge in [0.05, 0.1) is 12.6 Å². The predicted molar refractivity (Wildman–Crippen MR) is 121 cm³/mol. The van der Waals surface area contributed by atoms with Crippen molar-refractivity contribution in [3.8, 4) is 0 Å². The zero-order valence-corrected chi connectivity index (χ0v) is 19.1. The lowest BCUT2D eigenvalue weighted by atomic mass is 9.79. The number of carbonyl (C=O) groups excluding carboxylic acids is 1. The van der Waals surface area contributed by atoms with E-state index in [1.165, 1.54) is 12.8 Å². The number of aliphatic hydroxyl groups is 1. The number of hydrogen-bond acceptors (Lipinski definition) is 6. The number of hydrogen-bond donors (Lipinski definition) is 2. The van der Waals surface area contributed by atoms with E-state index in [4.69, 9.17) is 14.6 Å². The Balaban J connectivity index is 0.000000913. The highest BCUT2D eigenvalue weighted by Crippen LogP contribution is 2.38. The molecule has 0 spiro atoms. The van der Waals surface area contributed by atoms with Crippen LogP contribution in [0.2, 0.25) is 0 Å². The van der Waals surface area contributed by atoms with Crippen LogP contribution in [0.3, 0.4) is 0 Å². The summed E-state index contributed by atoms with van der Waals surface area (Å²) in [6.45, 7) is 7.51. The minimum Gasteiger partial charge on any atom is -0.483 e. The Morgan fingerprint density at radius 1 is 1.09 bits per heavy atom. The number of benzene rings is 1. The first-order valence-corrected chi connectivity index (χ1v) is 11.8. The van der Waals surface area contributed by atoms with Gasteiger partial charge in [0.15, 0.2) is 0 Å². The zero-order chi connectivity index (χ0) is 23.0. The average Bonchev–Trinajstić information content (AvgIpc) is 3.35. The quantitative estimate of drug-likeness (QED) is 0.685. The smallest absolute Gasteiger partial charge is 0.409 e. The number of ether oxygens (including phenoxy) is 1. The minimum absolute atomic E-state index is 0.129. The van der Waals surface area contributed by atoms with Crippen molar-refractivity contribution in [2.75, 3.05) is 45.9 Å². The van der Waals surface area contributed by atoms with Crippen LogP contribution in [0.15, 0.2) is 30.3 Å². The van der Waals surface area contributed by atoms with Gasteiger partial charge in [-0.05, 0) is 57.7 Å². The van der Waals surface area contributed by atoms with Crippen LogP contribution in [0.25, 0.3) is 0 Å². The number of rotatable bonds is 4. The fourth-order valence-electron chi connectivity index (χ4n) is 5.44. The van der Waals surface area contributed by atoms with Crippen LogP contribution in [0.5, 0.6) is 0 Å². The molecule has 1 aromatic rings. The van der Waals surface area contributed by atoms with Gasteiger partial charge in [-0.25, -0.2) is 4.79 Å². The van der Waals surface area contributed by atoms with Gasteiger partial charge in [-0.1, -0.05) is 30.3 Å². The maximum Gasteiger partial charge on any atom is 0.409 e. The number of nitrogens with zero attached hydrogens (tertiary/aromatic N) is 3. The van der Waals surface area contributed by atoms with E-state index in [9.17, 15) is 9.90 Å². The molecule has 1 amide bonds. The van der Waals surface area contributed by atoms with Gasteiger partial charge in [-0.15, -0.1) is 0 Å². The monoisotopic (exact) mass is 447 g/mol. The molecule has 178 valence electrons. The molecule has 8 nitrogen and oxygen atoms in total. The Morgan fingerprint density at radius 3 is 2.31 bits per heavy atom. The molecule has 0 radical (unpaired) electrons. The number of amides is 1. The van der Waals surface area contributed by atoms with Crippen LogP contribution in [-0.2, 0) is 15.1 Å². The number of piperidine rings is 2. The molecule has 0 bridgehead atoms. The second-order valence-corrected chi connectivity index (χ2v) is 8.82. The number of carboxylic acid groups (broad SMARTS) is 1. The van der Waals surface area contributed by atoms with Gasteiger partial charge < -0.3 is 19.8 Å². The Hall–Kier alpha value is -2.16. The van der Waals surface area contributed by atoms with Crippen molar-refractivity contribution in [3.63, 3.8) is 0 Å². The van der Waals surface area contributed by atoms with Gasteiger partial charge in [-0.2, -0.15) is 0 Å². The molecule has 1 aromatic carbocycles. The van der Waals surface area contributed by atoms with Crippen molar-refractivity contribution in [2.24, 2.45) is 0 Å². The lowest BCUT2D eigenvalue weighted by Crippen LogP contribution is -2.62. The lowest BCUT2D eigenvalue weighted by Gasteiger charge is -2.51. The highest BCUT2D eigenvalue weighted by molar-refractivity contribution is 5.67. The van der Waals surface area contributed by atoms with E-state index in [-0.39, 0.29) is 18.6 Å². The average molecular weight is 448 g/mol. The van der Waals surface area contributed by atoms with Gasteiger partial charge in [0.1, 0.15) is 5.60 Å². The van der Waals surface area contributed by atoms with Crippen molar-refractivity contribution in [1.29, 1.82) is 0 Å². The summed E-state index contributed by atoms with van der Waals surface area (Å²) < 4.78 is 5.16. The van der Waals surface area contributed by atoms with Gasteiger partial charge in [0.25, 0.3) is 6.47 Å². The van der Waals surface area contributed by atoms with Crippen molar-refractivity contribution in [2.45, 2.75) is 56.7 Å². The van der Waals surface area contributed by atoms with E-state index in [0.717, 1.165) is 64.1 Å². The third-order valence-electron chi connectivity index (χ3n) is 7.10. The van der Waals surface area contributed by atoms with Gasteiger partial charge in [0, 0.05) is 32.2 Å². The molecular weight excluding hydrogens is 410 g/mol. The van der Waals surface area contributed by atoms with Crippen LogP contribution >= 0.6 is 0 Å². The molecule has 3 aliphatic heterocycles. The summed E-state index contributed by atoms with van der Waals surface area (Å²) in [5.41, 5.74) is 0.266. The molecule has 0 saturated carbocycles. The molecule has 3 saturated heterocycles. The van der Waals surface area contributed by atoms with Gasteiger partial charge in [0.2, 0.25) is 0 Å². The van der Waals surface area contributed by atoms with Gasteiger partial charge >= 0.3 is 6.09 Å². The Morgan fingerprint density at radius 2 is 1.72 bits per heavy atom. The molecule has 8 heteroatoms. The van der Waals surface area contributed by atoms with E-state index in [2.05, 4.69) is 21.9 Å². The van der Waals surface area contributed by atoms with Crippen molar-refractivity contribution in [1.82, 2.24) is 14.7 Å². The largest absolute Gasteiger partial charge is 0.483 e. The summed E-state index contributed by atoms with van der Waals surface area (Å²) in [4.78, 5) is 27.3. The summed E-state index contributed by atoms with van der Waals surface area (Å²) in [6, 6.07) is 10.9. The summed E-state index contributed by atoms with van der Waals surface area (Å²) >= 11 is 0. The molecule has 0 unspecified atom stereocenters. The molecule has 3 fully saturated rings. The fraction of sp³-hybridized carbons (Fsp3) is 0.667. The summed E-state index contributed by atoms with van der Waals surface area (Å²) in [5, 5.41) is 18.7. The third-order valence-corrected chi connectivity index (χ3v) is 7.10. The first-order valence-electron chi connectivity index (χ1n) is 11.8. The standard InChI is InChI=1S/C23H35N3O3.CH2O2/c1-2-29-22(27)25-15-10-20(11-16-25)26-17-12-23(28,19-8-4-3-5-9-19)21(18-26)24-13-6-7-14-24;2-1-3/h3-5,8-9,20-21,28H,2,6-7,10-18H2,1H3;1H,(H,2,3)/t21-,23+;/m1./s1. The Kier molecular flexibility index (Phi) is 8.90. The third kappa shape index (κ3) is 5.60. The summed E-state index contributed by atoms with van der Waals surface area (Å²) in [5.74, 6) is 0. The lowest BCUT2D eigenvalue weighted by molar-refractivity contribution is -0.122. The Labute approximate surface area is 190 Å². The maximum absolute atomic E-state index is 12.0. The minimum atomic E-state index is -0.784. The molecule has 0 aliphatic carbocycles. The second kappa shape index (κ2) is 11.6. The van der Waals surface area contributed by atoms with E-state index in [0.29, 0.717) is 12.6 Å². The highest BCUT2D eigenvalue weighted by atomic mass is 16.6. The second-order valence-electron chi connectivity index (χ2n) is 8.82. The molecule has 3 aliphatic rings. The molecule has 4 rings (SSSR count). The van der Waals surface area contributed by atoms with Crippen molar-refractivity contribution >= 4 is 12.6 Å². The van der Waals surface area contributed by atoms with Crippen LogP contribution in [0.4, 0.5) is 4.79 Å². The molecule has 3 heterocycles. The topological polar surface area (TPSA) is 93.6 Å². The van der Waals surface area contributed by atoms with Crippen molar-refractivity contribution < 1.29 is 24.5 Å². The van der Waals surface area contributed by atoms with Crippen LogP contribution in [0, 0.1) is 0 Å². The molecule has 0 aromatic heterocycles. The first-order chi connectivity index (χ1) is 15.5. The normalized spacial score (nSPS) is 27.4. The summed E-state index contributed by atoms with van der Waals surface area (Å²) in [7, 11) is 0.